The van der Waals surface area contributed by atoms with Gasteiger partial charge in [0.15, 0.2) is 22.6 Å². The van der Waals surface area contributed by atoms with Gasteiger partial charge in [-0.2, -0.15) is 0 Å². The molecule has 11 heteroatoms. The highest BCUT2D eigenvalue weighted by atomic mass is 32.2. The van der Waals surface area contributed by atoms with Crippen molar-refractivity contribution in [3.8, 4) is 5.75 Å². The van der Waals surface area contributed by atoms with Crippen LogP contribution in [0.3, 0.4) is 0 Å². The maximum atomic E-state index is 15.2. The van der Waals surface area contributed by atoms with E-state index < -0.39 is 21.9 Å². The molecule has 0 aliphatic carbocycles. The minimum Gasteiger partial charge on any atom is -0.495 e. The summed E-state index contributed by atoms with van der Waals surface area (Å²) in [5.74, 6) is -1.34. The Bertz CT molecular complexity index is 1280. The number of methoxy groups -OCH3 is 2. The Hall–Kier alpha value is -3.05. The van der Waals surface area contributed by atoms with Crippen molar-refractivity contribution < 1.29 is 18.3 Å². The fourth-order valence-electron chi connectivity index (χ4n) is 4.30. The molecule has 3 aromatic rings. The van der Waals surface area contributed by atoms with Gasteiger partial charge in [0, 0.05) is 41.2 Å². The van der Waals surface area contributed by atoms with Crippen molar-refractivity contribution in [2.24, 2.45) is 16.6 Å². The van der Waals surface area contributed by atoms with Crippen LogP contribution in [-0.4, -0.2) is 45.7 Å². The predicted molar refractivity (Wildman–Crippen MR) is 130 cm³/mol. The molecule has 180 valence electrons. The second-order valence-corrected chi connectivity index (χ2v) is 10.1. The van der Waals surface area contributed by atoms with Gasteiger partial charge in [-0.05, 0) is 19.9 Å². The molecule has 0 spiro atoms. The van der Waals surface area contributed by atoms with Crippen LogP contribution in [0.15, 0.2) is 35.7 Å². The lowest BCUT2D eigenvalue weighted by atomic mass is 9.74. The van der Waals surface area contributed by atoms with E-state index >= 15 is 4.39 Å². The molecule has 0 radical (unpaired) electrons. The first-order valence-corrected chi connectivity index (χ1v) is 11.4. The number of aliphatic imine (C=N–C) groups is 1. The number of fused-ring (bicyclic) bond motifs is 1. The molecule has 8 nitrogen and oxygen atoms in total. The Morgan fingerprint density at radius 2 is 1.91 bits per heavy atom. The normalized spacial score (nSPS) is 24.7. The van der Waals surface area contributed by atoms with Crippen molar-refractivity contribution in [1.29, 1.82) is 0 Å². The number of anilines is 2. The van der Waals surface area contributed by atoms with E-state index in [-0.39, 0.29) is 11.5 Å². The first-order chi connectivity index (χ1) is 16.1. The highest BCUT2D eigenvalue weighted by Gasteiger charge is 2.50. The zero-order valence-corrected chi connectivity index (χ0v) is 20.3. The monoisotopic (exact) mass is 488 g/mol. The maximum Gasteiger partial charge on any atom is 0.164 e. The largest absolute Gasteiger partial charge is 0.495 e. The number of ether oxygens (including phenoxy) is 2. The van der Waals surface area contributed by atoms with Crippen LogP contribution in [0.25, 0.3) is 11.0 Å². The number of pyridine rings is 1. The molecule has 2 aromatic heterocycles. The van der Waals surface area contributed by atoms with Gasteiger partial charge in [-0.25, -0.2) is 23.7 Å². The molecule has 4 rings (SSSR count). The van der Waals surface area contributed by atoms with Gasteiger partial charge in [0.1, 0.15) is 17.6 Å². The summed E-state index contributed by atoms with van der Waals surface area (Å²) in [7, 11) is 3.13. The summed E-state index contributed by atoms with van der Waals surface area (Å²) in [5.41, 5.74) is 6.38. The second-order valence-electron chi connectivity index (χ2n) is 8.58. The number of benzene rings is 1. The van der Waals surface area contributed by atoms with Crippen LogP contribution in [0.4, 0.5) is 20.3 Å². The SMILES string of the molecule is COC[C@@]1(C)SC(N)=N[C@](C)(c2cc(Nc3ncnc4cc(OC)cnc34)cc(F)c2F)[C@@H]1C. The number of halogens is 2. The lowest BCUT2D eigenvalue weighted by Gasteiger charge is -2.47. The zero-order chi connectivity index (χ0) is 24.7. The molecule has 34 heavy (non-hydrogen) atoms. The van der Waals surface area contributed by atoms with Gasteiger partial charge in [-0.15, -0.1) is 0 Å². The minimum atomic E-state index is -1.13. The third-order valence-electron chi connectivity index (χ3n) is 6.39. The van der Waals surface area contributed by atoms with Gasteiger partial charge in [0.25, 0.3) is 0 Å². The first-order valence-electron chi connectivity index (χ1n) is 10.6. The van der Waals surface area contributed by atoms with Crippen molar-refractivity contribution in [2.45, 2.75) is 31.1 Å². The fraction of sp³-hybridized carbons (Fsp3) is 0.391. The van der Waals surface area contributed by atoms with E-state index in [0.717, 1.165) is 6.07 Å². The first kappa shape index (κ1) is 24.1. The molecule has 1 aromatic carbocycles. The summed E-state index contributed by atoms with van der Waals surface area (Å²) in [6.07, 6.45) is 2.89. The van der Waals surface area contributed by atoms with Gasteiger partial charge in [0.2, 0.25) is 0 Å². The van der Waals surface area contributed by atoms with Crippen LogP contribution >= 0.6 is 11.8 Å². The zero-order valence-electron chi connectivity index (χ0n) is 19.5. The number of amidine groups is 1. The van der Waals surface area contributed by atoms with Crippen molar-refractivity contribution in [2.75, 3.05) is 26.1 Å². The minimum absolute atomic E-state index is 0.0843. The number of hydrogen-bond acceptors (Lipinski definition) is 9. The summed E-state index contributed by atoms with van der Waals surface area (Å²) in [5, 5.41) is 3.34. The van der Waals surface area contributed by atoms with Crippen LogP contribution in [0.1, 0.15) is 26.3 Å². The standard InChI is InChI=1S/C23H26F2N6O2S/c1-12-22(2,10-32-4)34-21(26)31-23(12,3)15-6-13(7-16(24)18(15)25)30-20-19-17(28-11-29-20)8-14(33-5)9-27-19/h6-9,11-12H,10H2,1-5H3,(H2,26,31)(H,28,29,30)/t12-,22-,23+/m1/s1. The highest BCUT2D eigenvalue weighted by Crippen LogP contribution is 2.50. The van der Waals surface area contributed by atoms with Crippen LogP contribution in [0.2, 0.25) is 0 Å². The van der Waals surface area contributed by atoms with E-state index in [9.17, 15) is 4.39 Å². The number of thioether (sulfide) groups is 1. The smallest absolute Gasteiger partial charge is 0.164 e. The summed E-state index contributed by atoms with van der Waals surface area (Å²) in [6, 6.07) is 4.32. The Morgan fingerprint density at radius 1 is 1.15 bits per heavy atom. The number of nitrogens with two attached hydrogens (primary N) is 1. The van der Waals surface area contributed by atoms with Crippen LogP contribution in [0.5, 0.6) is 5.75 Å². The summed E-state index contributed by atoms with van der Waals surface area (Å²) >= 11 is 1.38. The molecule has 0 amide bonds. The lowest BCUT2D eigenvalue weighted by molar-refractivity contribution is 0.124. The third kappa shape index (κ3) is 4.14. The van der Waals surface area contributed by atoms with E-state index in [1.54, 1.807) is 20.1 Å². The van der Waals surface area contributed by atoms with E-state index in [0.29, 0.717) is 40.1 Å². The average molecular weight is 489 g/mol. The Labute approximate surface area is 200 Å². The number of nitrogens with zero attached hydrogens (tertiary/aromatic N) is 4. The molecule has 1 aliphatic heterocycles. The van der Waals surface area contributed by atoms with E-state index in [4.69, 9.17) is 15.2 Å². The Balaban J connectivity index is 1.80. The number of aromatic nitrogens is 3. The van der Waals surface area contributed by atoms with E-state index in [1.165, 1.54) is 37.5 Å². The molecule has 1 aliphatic rings. The molecule has 3 N–H and O–H groups in total. The Morgan fingerprint density at radius 3 is 2.62 bits per heavy atom. The van der Waals surface area contributed by atoms with Crippen molar-refractivity contribution >= 4 is 39.5 Å². The van der Waals surface area contributed by atoms with E-state index in [1.807, 2.05) is 13.8 Å². The molecule has 3 heterocycles. The summed E-state index contributed by atoms with van der Waals surface area (Å²) in [4.78, 5) is 17.4. The van der Waals surface area contributed by atoms with Crippen LogP contribution < -0.4 is 15.8 Å². The average Bonchev–Trinajstić information content (AvgIpc) is 2.79. The van der Waals surface area contributed by atoms with Gasteiger partial charge < -0.3 is 20.5 Å². The van der Waals surface area contributed by atoms with Gasteiger partial charge >= 0.3 is 0 Å². The van der Waals surface area contributed by atoms with Crippen LogP contribution in [0, 0.1) is 17.6 Å². The number of nitrogens with one attached hydrogen (secondary N) is 1. The molecular weight excluding hydrogens is 462 g/mol. The van der Waals surface area contributed by atoms with Gasteiger partial charge in [0.05, 0.1) is 31.0 Å². The maximum absolute atomic E-state index is 15.2. The fourth-order valence-corrected chi connectivity index (χ4v) is 5.60. The molecule has 0 fully saturated rings. The van der Waals surface area contributed by atoms with Crippen molar-refractivity contribution in [3.05, 3.63) is 47.9 Å². The number of rotatable bonds is 6. The second kappa shape index (κ2) is 8.95. The predicted octanol–water partition coefficient (Wildman–Crippen LogP) is 4.37. The van der Waals surface area contributed by atoms with Crippen molar-refractivity contribution in [1.82, 2.24) is 15.0 Å². The topological polar surface area (TPSA) is 108 Å². The summed E-state index contributed by atoms with van der Waals surface area (Å²) in [6.45, 7) is 6.05. The van der Waals surface area contributed by atoms with Gasteiger partial charge in [-0.3, -0.25) is 4.99 Å². The molecule has 0 saturated carbocycles. The quantitative estimate of drug-likeness (QED) is 0.527. The van der Waals surface area contributed by atoms with E-state index in [2.05, 4.69) is 25.3 Å². The van der Waals surface area contributed by atoms with Crippen LogP contribution in [-0.2, 0) is 10.3 Å². The number of hydrogen-bond donors (Lipinski definition) is 2. The highest BCUT2D eigenvalue weighted by molar-refractivity contribution is 8.15. The third-order valence-corrected chi connectivity index (χ3v) is 7.63. The Kier molecular flexibility index (Phi) is 6.34. The lowest BCUT2D eigenvalue weighted by Crippen LogP contribution is -2.50. The summed E-state index contributed by atoms with van der Waals surface area (Å²) < 4.78 is 40.2. The van der Waals surface area contributed by atoms with Crippen molar-refractivity contribution in [3.63, 3.8) is 0 Å². The molecule has 0 unspecified atom stereocenters. The molecular formula is C23H26F2N6O2S. The molecule has 3 atom stereocenters. The van der Waals surface area contributed by atoms with Gasteiger partial charge in [-0.1, -0.05) is 18.7 Å². The molecule has 0 bridgehead atoms. The molecule has 0 saturated heterocycles.